The maximum Gasteiger partial charge on any atom is 0.263 e. The van der Waals surface area contributed by atoms with Gasteiger partial charge in [-0.1, -0.05) is 41.7 Å². The van der Waals surface area contributed by atoms with Crippen LogP contribution in [0.3, 0.4) is 0 Å². The fourth-order valence-electron chi connectivity index (χ4n) is 4.42. The van der Waals surface area contributed by atoms with Gasteiger partial charge < -0.3 is 9.47 Å². The van der Waals surface area contributed by atoms with Crippen LogP contribution in [0.1, 0.15) is 34.3 Å². The van der Waals surface area contributed by atoms with Crippen molar-refractivity contribution in [3.63, 3.8) is 0 Å². The maximum absolute atomic E-state index is 13.9. The van der Waals surface area contributed by atoms with E-state index in [1.807, 2.05) is 36.4 Å². The standard InChI is InChI=1S/C26H26N2O3S/c1-16-11-17(2)24-22(12-16)27-26(32-24)28(15-20-9-6-10-31-20)25(29)21-13-18-7-4-5-8-19(18)14-23(21)30-3/h4-5,7-8,11-14,20H,6,9-10,15H2,1-3H3. The number of amides is 1. The zero-order valence-electron chi connectivity index (χ0n) is 18.6. The first-order chi connectivity index (χ1) is 15.5. The fraction of sp³-hybridized carbons (Fsp3) is 0.308. The van der Waals surface area contributed by atoms with Crippen molar-refractivity contribution >= 4 is 43.4 Å². The molecule has 1 aliphatic rings. The fourth-order valence-corrected chi connectivity index (χ4v) is 5.44. The van der Waals surface area contributed by atoms with Gasteiger partial charge in [-0.2, -0.15) is 0 Å². The van der Waals surface area contributed by atoms with Crippen LogP contribution in [-0.4, -0.2) is 37.3 Å². The van der Waals surface area contributed by atoms with Gasteiger partial charge >= 0.3 is 0 Å². The van der Waals surface area contributed by atoms with Crippen molar-refractivity contribution in [2.45, 2.75) is 32.8 Å². The molecule has 32 heavy (non-hydrogen) atoms. The number of anilines is 1. The topological polar surface area (TPSA) is 51.7 Å². The summed E-state index contributed by atoms with van der Waals surface area (Å²) in [6.07, 6.45) is 1.98. The van der Waals surface area contributed by atoms with Crippen LogP contribution in [0.5, 0.6) is 5.75 Å². The van der Waals surface area contributed by atoms with Gasteiger partial charge in [-0.05, 0) is 66.8 Å². The van der Waals surface area contributed by atoms with Crippen LogP contribution >= 0.6 is 11.3 Å². The van der Waals surface area contributed by atoms with E-state index in [1.54, 1.807) is 23.3 Å². The summed E-state index contributed by atoms with van der Waals surface area (Å²) < 4.78 is 12.6. The smallest absolute Gasteiger partial charge is 0.263 e. The van der Waals surface area contributed by atoms with Crippen LogP contribution in [0.15, 0.2) is 48.5 Å². The zero-order chi connectivity index (χ0) is 22.2. The Labute approximate surface area is 191 Å². The minimum atomic E-state index is -0.114. The Morgan fingerprint density at radius 2 is 1.97 bits per heavy atom. The average Bonchev–Trinajstić information content (AvgIpc) is 3.46. The molecule has 5 nitrogen and oxygen atoms in total. The predicted molar refractivity (Wildman–Crippen MR) is 130 cm³/mol. The Bertz CT molecular complexity index is 1310. The number of hydrogen-bond acceptors (Lipinski definition) is 5. The number of carbonyl (C=O) groups is 1. The van der Waals surface area contributed by atoms with E-state index in [2.05, 4.69) is 26.0 Å². The number of rotatable bonds is 5. The van der Waals surface area contributed by atoms with E-state index in [4.69, 9.17) is 14.5 Å². The molecule has 4 aromatic rings. The summed E-state index contributed by atoms with van der Waals surface area (Å²) in [4.78, 5) is 20.6. The highest BCUT2D eigenvalue weighted by atomic mass is 32.1. The summed E-state index contributed by atoms with van der Waals surface area (Å²) in [6.45, 7) is 5.38. The lowest BCUT2D eigenvalue weighted by Gasteiger charge is -2.24. The molecule has 1 atom stereocenters. The number of fused-ring (bicyclic) bond motifs is 2. The van der Waals surface area contributed by atoms with Crippen LogP contribution in [0.2, 0.25) is 0 Å². The molecule has 0 aliphatic carbocycles. The van der Waals surface area contributed by atoms with Gasteiger partial charge in [0.2, 0.25) is 0 Å². The van der Waals surface area contributed by atoms with Crippen molar-refractivity contribution in [3.05, 3.63) is 65.2 Å². The number of ether oxygens (including phenoxy) is 2. The maximum atomic E-state index is 13.9. The molecule has 0 saturated carbocycles. The van der Waals surface area contributed by atoms with Gasteiger partial charge in [-0.15, -0.1) is 0 Å². The van der Waals surface area contributed by atoms with Crippen LogP contribution in [-0.2, 0) is 4.74 Å². The molecule has 6 heteroatoms. The number of carbonyl (C=O) groups excluding carboxylic acids is 1. The van der Waals surface area contributed by atoms with Gasteiger partial charge in [-0.25, -0.2) is 4.98 Å². The summed E-state index contributed by atoms with van der Waals surface area (Å²) in [5, 5.41) is 2.74. The number of methoxy groups -OCH3 is 1. The normalized spacial score (nSPS) is 16.0. The molecule has 3 aromatic carbocycles. The molecule has 1 amide bonds. The monoisotopic (exact) mass is 446 g/mol. The number of thiazole rings is 1. The third-order valence-electron chi connectivity index (χ3n) is 5.99. The number of aryl methyl sites for hydroxylation is 2. The highest BCUT2D eigenvalue weighted by molar-refractivity contribution is 7.22. The van der Waals surface area contributed by atoms with Crippen molar-refractivity contribution in [1.82, 2.24) is 4.98 Å². The van der Waals surface area contributed by atoms with Crippen molar-refractivity contribution < 1.29 is 14.3 Å². The summed E-state index contributed by atoms with van der Waals surface area (Å²) in [5.74, 6) is 0.454. The molecule has 1 fully saturated rings. The van der Waals surface area contributed by atoms with Gasteiger partial charge in [-0.3, -0.25) is 9.69 Å². The molecule has 0 bridgehead atoms. The number of nitrogens with zero attached hydrogens (tertiary/aromatic N) is 2. The third kappa shape index (κ3) is 3.85. The average molecular weight is 447 g/mol. The minimum Gasteiger partial charge on any atom is -0.496 e. The second kappa shape index (κ2) is 8.52. The Balaban J connectivity index is 1.61. The summed E-state index contributed by atoms with van der Waals surface area (Å²) in [7, 11) is 1.61. The Kier molecular flexibility index (Phi) is 5.57. The summed E-state index contributed by atoms with van der Waals surface area (Å²) in [5.41, 5.74) is 3.81. The van der Waals surface area contributed by atoms with Crippen molar-refractivity contribution in [1.29, 1.82) is 0 Å². The molecular weight excluding hydrogens is 420 g/mol. The number of aromatic nitrogens is 1. The van der Waals surface area contributed by atoms with Gasteiger partial charge in [0.25, 0.3) is 5.91 Å². The van der Waals surface area contributed by atoms with E-state index in [-0.39, 0.29) is 12.0 Å². The second-order valence-corrected chi connectivity index (χ2v) is 9.35. The van der Waals surface area contributed by atoms with Crippen LogP contribution in [0, 0.1) is 13.8 Å². The van der Waals surface area contributed by atoms with Crippen LogP contribution in [0.4, 0.5) is 5.13 Å². The largest absolute Gasteiger partial charge is 0.496 e. The molecule has 0 N–H and O–H groups in total. The highest BCUT2D eigenvalue weighted by Gasteiger charge is 2.29. The first-order valence-electron chi connectivity index (χ1n) is 10.9. The highest BCUT2D eigenvalue weighted by Crippen LogP contribution is 2.35. The second-order valence-electron chi connectivity index (χ2n) is 8.38. The Hall–Kier alpha value is -2.96. The van der Waals surface area contributed by atoms with E-state index >= 15 is 0 Å². The lowest BCUT2D eigenvalue weighted by molar-refractivity contribution is 0.0915. The van der Waals surface area contributed by atoms with Crippen molar-refractivity contribution in [2.24, 2.45) is 0 Å². The van der Waals surface area contributed by atoms with E-state index in [0.29, 0.717) is 23.0 Å². The van der Waals surface area contributed by atoms with Gasteiger partial charge in [0.15, 0.2) is 5.13 Å². The summed E-state index contributed by atoms with van der Waals surface area (Å²) in [6, 6.07) is 16.1. The van der Waals surface area contributed by atoms with E-state index in [1.165, 1.54) is 11.1 Å². The van der Waals surface area contributed by atoms with Crippen LogP contribution < -0.4 is 9.64 Å². The van der Waals surface area contributed by atoms with E-state index < -0.39 is 0 Å². The molecule has 5 rings (SSSR count). The first-order valence-corrected chi connectivity index (χ1v) is 11.7. The van der Waals surface area contributed by atoms with Crippen molar-refractivity contribution in [3.8, 4) is 5.75 Å². The van der Waals surface area contributed by atoms with Crippen molar-refractivity contribution in [2.75, 3.05) is 25.2 Å². The molecule has 0 spiro atoms. The quantitative estimate of drug-likeness (QED) is 0.383. The lowest BCUT2D eigenvalue weighted by Crippen LogP contribution is -2.37. The number of benzene rings is 3. The Morgan fingerprint density at radius 1 is 1.19 bits per heavy atom. The Morgan fingerprint density at radius 3 is 2.69 bits per heavy atom. The van der Waals surface area contributed by atoms with Gasteiger partial charge in [0.1, 0.15) is 5.75 Å². The van der Waals surface area contributed by atoms with Gasteiger partial charge in [0, 0.05) is 6.61 Å². The molecular formula is C26H26N2O3S. The summed E-state index contributed by atoms with van der Waals surface area (Å²) >= 11 is 1.56. The van der Waals surface area contributed by atoms with Crippen LogP contribution in [0.25, 0.3) is 21.0 Å². The minimum absolute atomic E-state index is 0.0141. The van der Waals surface area contributed by atoms with E-state index in [9.17, 15) is 4.79 Å². The molecule has 1 aromatic heterocycles. The number of hydrogen-bond donors (Lipinski definition) is 0. The molecule has 2 heterocycles. The molecule has 164 valence electrons. The molecule has 1 unspecified atom stereocenters. The SMILES string of the molecule is COc1cc2ccccc2cc1C(=O)N(CC1CCCO1)c1nc2cc(C)cc(C)c2s1. The first kappa shape index (κ1) is 20.9. The zero-order valence-corrected chi connectivity index (χ0v) is 19.4. The lowest BCUT2D eigenvalue weighted by atomic mass is 10.0. The molecule has 0 radical (unpaired) electrons. The predicted octanol–water partition coefficient (Wildman–Crippen LogP) is 5.90. The molecule has 1 aliphatic heterocycles. The van der Waals surface area contributed by atoms with Gasteiger partial charge in [0.05, 0.1) is 35.5 Å². The molecule has 1 saturated heterocycles. The van der Waals surface area contributed by atoms with E-state index in [0.717, 1.165) is 40.4 Å². The third-order valence-corrected chi connectivity index (χ3v) is 7.22.